The van der Waals surface area contributed by atoms with Crippen molar-refractivity contribution in [3.05, 3.63) is 34.3 Å². The Morgan fingerprint density at radius 2 is 1.12 bits per heavy atom. The molecule has 1 aromatic carbocycles. The summed E-state index contributed by atoms with van der Waals surface area (Å²) in [6.45, 7) is 8.98. The molecule has 0 aliphatic carbocycles. The first-order valence-corrected chi connectivity index (χ1v) is 12.7. The second-order valence-corrected chi connectivity index (χ2v) is 9.68. The van der Waals surface area contributed by atoms with E-state index in [1.807, 2.05) is 0 Å². The van der Waals surface area contributed by atoms with Crippen LogP contribution in [0.5, 0.6) is 0 Å². The molecule has 1 rings (SSSR count). The third-order valence-corrected chi connectivity index (χ3v) is 7.17. The lowest BCUT2D eigenvalue weighted by atomic mass is 10.0. The minimum absolute atomic E-state index is 0.706. The minimum Gasteiger partial charge on any atom is -0.0843 e. The van der Waals surface area contributed by atoms with Gasteiger partial charge in [0.1, 0.15) is 12.3 Å². The molecule has 0 N–H and O–H groups in total. The van der Waals surface area contributed by atoms with Crippen molar-refractivity contribution in [1.82, 2.24) is 0 Å². The zero-order chi connectivity index (χ0) is 19.8. The van der Waals surface area contributed by atoms with Crippen LogP contribution in [-0.4, -0.2) is 12.3 Å². The average molecular weight is 420 g/mol. The summed E-state index contributed by atoms with van der Waals surface area (Å²) in [4.78, 5) is 0. The number of rotatable bonds is 12. The second kappa shape index (κ2) is 17.0. The van der Waals surface area contributed by atoms with Crippen molar-refractivity contribution < 1.29 is 4.57 Å². The van der Waals surface area contributed by atoms with Gasteiger partial charge in [0.25, 0.3) is 0 Å². The van der Waals surface area contributed by atoms with Gasteiger partial charge in [0.15, 0.2) is 0 Å². The molecule has 0 radical (unpaired) electrons. The molecule has 0 saturated heterocycles. The summed E-state index contributed by atoms with van der Waals surface area (Å²) in [5.41, 5.74) is 0. The molecule has 0 saturated carbocycles. The van der Waals surface area contributed by atoms with Gasteiger partial charge in [0, 0.05) is 21.9 Å². The Hall–Kier alpha value is -0.100. The molecular weight excluding hydrogens is 382 g/mol. The molecule has 1 aromatic rings. The Kier molecular flexibility index (Phi) is 17.0. The Labute approximate surface area is 173 Å². The summed E-state index contributed by atoms with van der Waals surface area (Å²) in [5.74, 6) is 1.41. The zero-order valence-electron chi connectivity index (χ0n) is 17.1. The van der Waals surface area contributed by atoms with E-state index >= 15 is 0 Å². The first-order valence-electron chi connectivity index (χ1n) is 10.3. The smallest absolute Gasteiger partial charge is 0.0843 e. The van der Waals surface area contributed by atoms with E-state index in [4.69, 9.17) is 23.2 Å². The molecule has 0 aliphatic heterocycles. The Morgan fingerprint density at radius 1 is 0.769 bits per heavy atom. The number of benzene rings is 1. The van der Waals surface area contributed by atoms with Crippen molar-refractivity contribution in [2.24, 2.45) is 11.8 Å². The molecule has 0 spiro atoms. The van der Waals surface area contributed by atoms with Gasteiger partial charge in [-0.3, -0.25) is 0 Å². The highest BCUT2D eigenvalue weighted by atomic mass is 35.5. The lowest BCUT2D eigenvalue weighted by Crippen LogP contribution is -2.07. The third-order valence-electron chi connectivity index (χ3n) is 4.81. The standard InChI is InChI=1S/C16H34OP.C6H4Cl2/c1-5-9-11-15(7-3)13-18(17)14-16(8-4)12-10-6-2;7-5-1-2-6(8)4-3-5/h15-16H,5-14H2,1-4H3;1-4H/q+1;. The number of halogens is 2. The van der Waals surface area contributed by atoms with Crippen LogP contribution in [0, 0.1) is 11.8 Å². The maximum atomic E-state index is 12.3. The van der Waals surface area contributed by atoms with Crippen LogP contribution >= 0.6 is 31.0 Å². The van der Waals surface area contributed by atoms with Gasteiger partial charge in [-0.05, 0) is 49.9 Å². The molecule has 150 valence electrons. The summed E-state index contributed by atoms with van der Waals surface area (Å²) in [6.07, 6.45) is 12.0. The fourth-order valence-corrected chi connectivity index (χ4v) is 5.35. The molecule has 0 bridgehead atoms. The van der Waals surface area contributed by atoms with Crippen LogP contribution in [0.25, 0.3) is 0 Å². The van der Waals surface area contributed by atoms with E-state index in [0.29, 0.717) is 11.8 Å². The highest BCUT2D eigenvalue weighted by molar-refractivity contribution is 7.44. The van der Waals surface area contributed by atoms with Crippen LogP contribution in [0.1, 0.15) is 79.1 Å². The van der Waals surface area contributed by atoms with Gasteiger partial charge in [-0.1, -0.05) is 81.1 Å². The van der Waals surface area contributed by atoms with Gasteiger partial charge in [0.2, 0.25) is 0 Å². The number of unbranched alkanes of at least 4 members (excludes halogenated alkanes) is 2. The van der Waals surface area contributed by atoms with E-state index in [9.17, 15) is 4.57 Å². The highest BCUT2D eigenvalue weighted by Gasteiger charge is 2.25. The molecule has 0 fully saturated rings. The normalized spacial score (nSPS) is 13.5. The lowest BCUT2D eigenvalue weighted by Gasteiger charge is -2.11. The van der Waals surface area contributed by atoms with E-state index in [2.05, 4.69) is 27.7 Å². The average Bonchev–Trinajstić information content (AvgIpc) is 2.65. The van der Waals surface area contributed by atoms with E-state index in [-0.39, 0.29) is 0 Å². The van der Waals surface area contributed by atoms with Gasteiger partial charge < -0.3 is 0 Å². The van der Waals surface area contributed by atoms with Crippen LogP contribution in [0.4, 0.5) is 0 Å². The molecule has 0 aliphatic rings. The number of hydrogen-bond acceptors (Lipinski definition) is 1. The van der Waals surface area contributed by atoms with Gasteiger partial charge in [-0.15, -0.1) is 0 Å². The molecule has 2 atom stereocenters. The second-order valence-electron chi connectivity index (χ2n) is 7.12. The SMILES string of the molecule is CCCCC(CC)C[P+](=O)CC(CC)CCCC.Clc1ccc(Cl)cc1. The van der Waals surface area contributed by atoms with Crippen LogP contribution in [0.3, 0.4) is 0 Å². The monoisotopic (exact) mass is 419 g/mol. The minimum atomic E-state index is -0.954. The maximum absolute atomic E-state index is 12.3. The maximum Gasteiger partial charge on any atom is 0.339 e. The molecule has 0 aromatic heterocycles. The van der Waals surface area contributed by atoms with E-state index in [0.717, 1.165) is 22.4 Å². The van der Waals surface area contributed by atoms with Crippen LogP contribution in [-0.2, 0) is 4.57 Å². The first kappa shape index (κ1) is 25.9. The van der Waals surface area contributed by atoms with E-state index in [1.54, 1.807) is 24.3 Å². The topological polar surface area (TPSA) is 17.1 Å². The van der Waals surface area contributed by atoms with Crippen molar-refractivity contribution >= 4 is 31.0 Å². The summed E-state index contributed by atoms with van der Waals surface area (Å²) < 4.78 is 12.3. The largest absolute Gasteiger partial charge is 0.339 e. The zero-order valence-corrected chi connectivity index (χ0v) is 19.6. The fourth-order valence-electron chi connectivity index (χ4n) is 2.91. The predicted molar refractivity (Wildman–Crippen MR) is 120 cm³/mol. The van der Waals surface area contributed by atoms with Crippen molar-refractivity contribution in [3.63, 3.8) is 0 Å². The van der Waals surface area contributed by atoms with Crippen molar-refractivity contribution in [2.75, 3.05) is 12.3 Å². The summed E-state index contributed by atoms with van der Waals surface area (Å²) in [5, 5.41) is 1.43. The Morgan fingerprint density at radius 3 is 1.38 bits per heavy atom. The molecular formula is C22H38Cl2OP+. The lowest BCUT2D eigenvalue weighted by molar-refractivity contribution is 0.470. The summed E-state index contributed by atoms with van der Waals surface area (Å²) in [6, 6.07) is 7.02. The van der Waals surface area contributed by atoms with Crippen LogP contribution in [0.2, 0.25) is 10.0 Å². The Balaban J connectivity index is 0.000000642. The molecule has 4 heteroatoms. The van der Waals surface area contributed by atoms with E-state index < -0.39 is 7.80 Å². The van der Waals surface area contributed by atoms with Crippen LogP contribution < -0.4 is 0 Å². The Bertz CT molecular complexity index is 421. The van der Waals surface area contributed by atoms with Crippen molar-refractivity contribution in [1.29, 1.82) is 0 Å². The molecule has 1 nitrogen and oxygen atoms in total. The first-order chi connectivity index (χ1) is 12.5. The van der Waals surface area contributed by atoms with Gasteiger partial charge in [-0.25, -0.2) is 0 Å². The van der Waals surface area contributed by atoms with Crippen LogP contribution in [0.15, 0.2) is 24.3 Å². The quantitative estimate of drug-likeness (QED) is 0.308. The summed E-state index contributed by atoms with van der Waals surface area (Å²) >= 11 is 11.1. The molecule has 2 unspecified atom stereocenters. The van der Waals surface area contributed by atoms with Gasteiger partial charge in [0.05, 0.1) is 0 Å². The molecule has 0 heterocycles. The predicted octanol–water partition coefficient (Wildman–Crippen LogP) is 9.24. The van der Waals surface area contributed by atoms with Gasteiger partial charge in [-0.2, -0.15) is 0 Å². The highest BCUT2D eigenvalue weighted by Crippen LogP contribution is 2.33. The third kappa shape index (κ3) is 14.0. The van der Waals surface area contributed by atoms with Crippen molar-refractivity contribution in [2.45, 2.75) is 79.1 Å². The molecule has 0 amide bonds. The summed E-state index contributed by atoms with van der Waals surface area (Å²) in [7, 11) is -0.954. The molecule has 26 heavy (non-hydrogen) atoms. The van der Waals surface area contributed by atoms with Crippen molar-refractivity contribution in [3.8, 4) is 0 Å². The fraction of sp³-hybridized carbons (Fsp3) is 0.727. The number of hydrogen-bond donors (Lipinski definition) is 0. The van der Waals surface area contributed by atoms with Gasteiger partial charge >= 0.3 is 7.80 Å². The van der Waals surface area contributed by atoms with E-state index in [1.165, 1.54) is 51.4 Å².